The first-order valence-electron chi connectivity index (χ1n) is 11.6. The monoisotopic (exact) mass is 551 g/mol. The van der Waals surface area contributed by atoms with E-state index in [0.717, 1.165) is 83.2 Å². The molecule has 0 spiro atoms. The molecule has 3 rings (SSSR count). The number of nitrogens with zero attached hydrogens (tertiary/aromatic N) is 3. The predicted molar refractivity (Wildman–Crippen MR) is 143 cm³/mol. The number of rotatable bonds is 11. The lowest BCUT2D eigenvalue weighted by Crippen LogP contribution is -2.38. The van der Waals surface area contributed by atoms with Gasteiger partial charge in [0.15, 0.2) is 5.96 Å². The van der Waals surface area contributed by atoms with Crippen LogP contribution in [-0.4, -0.2) is 61.3 Å². The van der Waals surface area contributed by atoms with Crippen molar-refractivity contribution in [3.63, 3.8) is 0 Å². The molecule has 1 aliphatic heterocycles. The van der Waals surface area contributed by atoms with Gasteiger partial charge in [-0.2, -0.15) is 0 Å². The van der Waals surface area contributed by atoms with Gasteiger partial charge in [-0.05, 0) is 43.9 Å². The minimum atomic E-state index is 0. The fraction of sp³-hybridized carbons (Fsp3) is 0.520. The Morgan fingerprint density at radius 1 is 1.09 bits per heavy atom. The molecule has 1 aromatic heterocycles. The van der Waals surface area contributed by atoms with Gasteiger partial charge in [0.1, 0.15) is 0 Å². The zero-order chi connectivity index (χ0) is 21.6. The summed E-state index contributed by atoms with van der Waals surface area (Å²) >= 11 is 0. The molecule has 2 aromatic rings. The number of aromatic nitrogens is 1. The average molecular weight is 552 g/mol. The van der Waals surface area contributed by atoms with Gasteiger partial charge in [-0.1, -0.05) is 36.4 Å². The second-order valence-electron chi connectivity index (χ2n) is 7.94. The molecule has 0 unspecified atom stereocenters. The first kappa shape index (κ1) is 26.5. The van der Waals surface area contributed by atoms with E-state index in [1.165, 1.54) is 5.56 Å². The Bertz CT molecular complexity index is 751. The molecule has 176 valence electrons. The lowest BCUT2D eigenvalue weighted by Gasteiger charge is -2.31. The third-order valence-corrected chi connectivity index (χ3v) is 5.45. The van der Waals surface area contributed by atoms with Crippen LogP contribution in [-0.2, 0) is 17.7 Å². The topological polar surface area (TPSA) is 61.8 Å². The summed E-state index contributed by atoms with van der Waals surface area (Å²) in [5, 5.41) is 6.69. The normalized spacial score (nSPS) is 15.2. The Morgan fingerprint density at radius 3 is 2.59 bits per heavy atom. The number of hydrogen-bond donors (Lipinski definition) is 2. The summed E-state index contributed by atoms with van der Waals surface area (Å²) in [7, 11) is 0. The zero-order valence-corrected chi connectivity index (χ0v) is 21.5. The summed E-state index contributed by atoms with van der Waals surface area (Å²) in [4.78, 5) is 11.6. The molecule has 32 heavy (non-hydrogen) atoms. The molecule has 1 aliphatic rings. The summed E-state index contributed by atoms with van der Waals surface area (Å²) in [6.07, 6.45) is 6.29. The molecule has 1 aromatic carbocycles. The zero-order valence-electron chi connectivity index (χ0n) is 19.2. The fourth-order valence-corrected chi connectivity index (χ4v) is 3.78. The first-order chi connectivity index (χ1) is 15.3. The Morgan fingerprint density at radius 2 is 1.88 bits per heavy atom. The Labute approximate surface area is 210 Å². The molecule has 7 heteroatoms. The maximum absolute atomic E-state index is 6.12. The van der Waals surface area contributed by atoms with E-state index in [0.29, 0.717) is 6.10 Å². The number of likely N-dealkylation sites (tertiary alicyclic amines) is 1. The van der Waals surface area contributed by atoms with E-state index in [4.69, 9.17) is 4.74 Å². The minimum absolute atomic E-state index is 0. The van der Waals surface area contributed by atoms with Crippen LogP contribution in [0.2, 0.25) is 0 Å². The number of nitrogens with one attached hydrogen (secondary N) is 2. The highest BCUT2D eigenvalue weighted by Crippen LogP contribution is 2.16. The Balaban J connectivity index is 0.00000363. The van der Waals surface area contributed by atoms with Gasteiger partial charge < -0.3 is 15.4 Å². The van der Waals surface area contributed by atoms with E-state index in [9.17, 15) is 0 Å². The number of piperidine rings is 1. The highest BCUT2D eigenvalue weighted by Gasteiger charge is 2.19. The number of pyridine rings is 1. The highest BCUT2D eigenvalue weighted by atomic mass is 127. The van der Waals surface area contributed by atoms with Crippen LogP contribution >= 0.6 is 24.0 Å². The second-order valence-corrected chi connectivity index (χ2v) is 7.94. The van der Waals surface area contributed by atoms with Gasteiger partial charge >= 0.3 is 0 Å². The fourth-order valence-electron chi connectivity index (χ4n) is 3.78. The van der Waals surface area contributed by atoms with Crippen molar-refractivity contribution in [2.75, 3.05) is 39.3 Å². The summed E-state index contributed by atoms with van der Waals surface area (Å²) in [5.41, 5.74) is 2.49. The van der Waals surface area contributed by atoms with Crippen molar-refractivity contribution in [3.8, 4) is 0 Å². The van der Waals surface area contributed by atoms with Crippen molar-refractivity contribution in [1.29, 1.82) is 0 Å². The van der Waals surface area contributed by atoms with Gasteiger partial charge in [-0.15, -0.1) is 24.0 Å². The van der Waals surface area contributed by atoms with Crippen LogP contribution in [0.1, 0.15) is 37.4 Å². The number of hydrogen-bond acceptors (Lipinski definition) is 4. The van der Waals surface area contributed by atoms with Crippen LogP contribution < -0.4 is 10.6 Å². The number of aliphatic imine (C=N–C) groups is 1. The van der Waals surface area contributed by atoms with Gasteiger partial charge in [-0.25, -0.2) is 0 Å². The van der Waals surface area contributed by atoms with Crippen molar-refractivity contribution >= 4 is 29.9 Å². The largest absolute Gasteiger partial charge is 0.378 e. The molecular weight excluding hydrogens is 513 g/mol. The van der Waals surface area contributed by atoms with E-state index < -0.39 is 0 Å². The van der Waals surface area contributed by atoms with E-state index in [1.54, 1.807) is 0 Å². The third kappa shape index (κ3) is 10.3. The van der Waals surface area contributed by atoms with Crippen molar-refractivity contribution in [1.82, 2.24) is 20.5 Å². The quantitative estimate of drug-likeness (QED) is 0.192. The maximum atomic E-state index is 6.12. The van der Waals surface area contributed by atoms with Gasteiger partial charge in [0.05, 0.1) is 6.10 Å². The SMILES string of the molecule is CCNC(=NCCCOC1CCN(Cc2ccccc2)CC1)NCCc1ccccn1.I. The summed E-state index contributed by atoms with van der Waals surface area (Å²) < 4.78 is 6.12. The van der Waals surface area contributed by atoms with Crippen LogP contribution in [0.4, 0.5) is 0 Å². The summed E-state index contributed by atoms with van der Waals surface area (Å²) in [5.74, 6) is 0.868. The van der Waals surface area contributed by atoms with Crippen molar-refractivity contribution < 1.29 is 4.74 Å². The van der Waals surface area contributed by atoms with Gasteiger partial charge in [0.25, 0.3) is 0 Å². The van der Waals surface area contributed by atoms with Gasteiger partial charge in [-0.3, -0.25) is 14.9 Å². The summed E-state index contributed by atoms with van der Waals surface area (Å²) in [6.45, 7) is 8.58. The molecule has 0 saturated carbocycles. The second kappa shape index (κ2) is 16.0. The van der Waals surface area contributed by atoms with E-state index in [1.807, 2.05) is 18.3 Å². The van der Waals surface area contributed by atoms with Crippen LogP contribution in [0.25, 0.3) is 0 Å². The number of guanidine groups is 1. The molecule has 0 aliphatic carbocycles. The summed E-state index contributed by atoms with van der Waals surface area (Å²) in [6, 6.07) is 16.7. The number of benzene rings is 1. The highest BCUT2D eigenvalue weighted by molar-refractivity contribution is 14.0. The molecule has 1 saturated heterocycles. The van der Waals surface area contributed by atoms with E-state index in [2.05, 4.69) is 68.8 Å². The van der Waals surface area contributed by atoms with Crippen LogP contribution in [0.15, 0.2) is 59.7 Å². The van der Waals surface area contributed by atoms with Crippen LogP contribution in [0.3, 0.4) is 0 Å². The third-order valence-electron chi connectivity index (χ3n) is 5.45. The average Bonchev–Trinajstić information content (AvgIpc) is 2.81. The number of ether oxygens (including phenoxy) is 1. The standard InChI is InChI=1S/C25H37N5O.HI/c1-2-26-25(29-17-12-23-11-6-7-15-27-23)28-16-8-20-31-24-13-18-30(19-14-24)21-22-9-4-3-5-10-22;/h3-7,9-11,15,24H,2,8,12-14,16-21H2,1H3,(H2,26,28,29);1H. The molecule has 1 fully saturated rings. The molecular formula is C25H38IN5O. The predicted octanol–water partition coefficient (Wildman–Crippen LogP) is 3.87. The van der Waals surface area contributed by atoms with Crippen LogP contribution in [0, 0.1) is 0 Å². The van der Waals surface area contributed by atoms with E-state index in [-0.39, 0.29) is 24.0 Å². The molecule has 0 radical (unpaired) electrons. The van der Waals surface area contributed by atoms with Crippen LogP contribution in [0.5, 0.6) is 0 Å². The van der Waals surface area contributed by atoms with Crippen molar-refractivity contribution in [2.24, 2.45) is 4.99 Å². The van der Waals surface area contributed by atoms with Gasteiger partial charge in [0, 0.05) is 64.2 Å². The van der Waals surface area contributed by atoms with Crippen molar-refractivity contribution in [3.05, 3.63) is 66.0 Å². The number of halogens is 1. The smallest absolute Gasteiger partial charge is 0.191 e. The van der Waals surface area contributed by atoms with Gasteiger partial charge in [0.2, 0.25) is 0 Å². The molecule has 2 heterocycles. The molecule has 0 bridgehead atoms. The Hall–Kier alpha value is -1.71. The molecule has 2 N–H and O–H groups in total. The minimum Gasteiger partial charge on any atom is -0.378 e. The molecule has 0 atom stereocenters. The van der Waals surface area contributed by atoms with Crippen molar-refractivity contribution in [2.45, 2.75) is 45.3 Å². The molecule has 0 amide bonds. The molecule has 6 nitrogen and oxygen atoms in total. The lowest BCUT2D eigenvalue weighted by molar-refractivity contribution is 0.00566. The maximum Gasteiger partial charge on any atom is 0.191 e. The first-order valence-corrected chi connectivity index (χ1v) is 11.6. The Kier molecular flexibility index (Phi) is 13.3. The lowest BCUT2D eigenvalue weighted by atomic mass is 10.1. The van der Waals surface area contributed by atoms with E-state index >= 15 is 0 Å².